The summed E-state index contributed by atoms with van der Waals surface area (Å²) in [6.07, 6.45) is 0.137. The molecule has 0 aromatic carbocycles. The fraction of sp³-hybridized carbons (Fsp3) is 0.571. The van der Waals surface area contributed by atoms with Gasteiger partial charge >= 0.3 is 5.97 Å². The first-order chi connectivity index (χ1) is 5.39. The normalized spacial score (nSPS) is 11.0. The van der Waals surface area contributed by atoms with E-state index in [1.165, 1.54) is 0 Å². The number of hydrogen-bond donors (Lipinski definition) is 0. The highest BCUT2D eigenvalue weighted by molar-refractivity contribution is 7.45. The van der Waals surface area contributed by atoms with Crippen molar-refractivity contribution in [2.24, 2.45) is 0 Å². The average Bonchev–Trinajstić information content (AvgIpc) is 2.00. The van der Waals surface area contributed by atoms with Gasteiger partial charge in [0, 0.05) is 5.57 Å². The third kappa shape index (κ3) is 4.80. The van der Waals surface area contributed by atoms with Crippen LogP contribution >= 0.6 is 22.2 Å². The van der Waals surface area contributed by atoms with Crippen LogP contribution in [-0.4, -0.2) is 18.9 Å². The van der Waals surface area contributed by atoms with Crippen molar-refractivity contribution in [3.8, 4) is 0 Å². The zero-order valence-corrected chi connectivity index (χ0v) is 9.71. The molecule has 0 fully saturated rings. The predicted octanol–water partition coefficient (Wildman–Crippen LogP) is 2.58. The number of halogens is 2. The molecule has 0 aromatic rings. The fourth-order valence-electron chi connectivity index (χ4n) is 0.396. The monoisotopic (exact) mass is 226 g/mol. The van der Waals surface area contributed by atoms with Gasteiger partial charge in [0.1, 0.15) is 6.23 Å². The van der Waals surface area contributed by atoms with E-state index in [0.717, 1.165) is 0 Å². The lowest BCUT2D eigenvalue weighted by molar-refractivity contribution is -0.137. The van der Waals surface area contributed by atoms with E-state index in [2.05, 4.69) is 6.58 Å². The highest BCUT2D eigenvalue weighted by Crippen LogP contribution is 2.20. The second-order valence-electron chi connectivity index (χ2n) is 2.57. The molecule has 0 amide bonds. The summed E-state index contributed by atoms with van der Waals surface area (Å²) in [7, 11) is 0. The van der Waals surface area contributed by atoms with Crippen LogP contribution in [-0.2, 0) is 9.53 Å². The lowest BCUT2D eigenvalue weighted by Gasteiger charge is -2.13. The highest BCUT2D eigenvalue weighted by Gasteiger charge is 2.28. The van der Waals surface area contributed by atoms with E-state index in [4.69, 9.17) is 26.9 Å². The summed E-state index contributed by atoms with van der Waals surface area (Å²) >= 11 is 11.7. The maximum atomic E-state index is 10.9. The van der Waals surface area contributed by atoms with Gasteiger partial charge < -0.3 is 4.74 Å². The molecule has 0 unspecified atom stereocenters. The third-order valence-corrected chi connectivity index (χ3v) is 5.14. The maximum absolute atomic E-state index is 10.9. The van der Waals surface area contributed by atoms with Gasteiger partial charge in [-0.15, -0.1) is 22.2 Å². The molecule has 0 aliphatic carbocycles. The summed E-state index contributed by atoms with van der Waals surface area (Å²) in [5.74, 6) is -0.429. The van der Waals surface area contributed by atoms with Crippen LogP contribution in [0.1, 0.15) is 13.8 Å². The van der Waals surface area contributed by atoms with Gasteiger partial charge in [0.15, 0.2) is 0 Å². The quantitative estimate of drug-likeness (QED) is 0.319. The van der Waals surface area contributed by atoms with Crippen LogP contribution in [0.2, 0.25) is 6.04 Å². The number of ether oxygens (including phenoxy) is 1. The Kier molecular flexibility index (Phi) is 4.90. The van der Waals surface area contributed by atoms with Gasteiger partial charge in [-0.1, -0.05) is 13.5 Å². The number of hydrogen-bond acceptors (Lipinski definition) is 2. The van der Waals surface area contributed by atoms with Gasteiger partial charge in [0.25, 0.3) is 6.69 Å². The van der Waals surface area contributed by atoms with Gasteiger partial charge in [-0.25, -0.2) is 4.79 Å². The molecule has 0 radical (unpaired) electrons. The van der Waals surface area contributed by atoms with Gasteiger partial charge in [-0.2, -0.15) is 0 Å². The molecule has 0 spiro atoms. The molecule has 0 heterocycles. The Bertz CT molecular complexity index is 192. The van der Waals surface area contributed by atoms with Gasteiger partial charge in [-0.3, -0.25) is 0 Å². The Balaban J connectivity index is 3.83. The molecule has 0 aromatic heterocycles. The Labute approximate surface area is 82.9 Å². The maximum Gasteiger partial charge on any atom is 0.332 e. The van der Waals surface area contributed by atoms with Crippen molar-refractivity contribution in [3.63, 3.8) is 0 Å². The minimum atomic E-state index is -2.33. The van der Waals surface area contributed by atoms with Crippen molar-refractivity contribution >= 4 is 34.8 Å². The minimum absolute atomic E-state index is 0.137. The molecular weight excluding hydrogens is 215 g/mol. The van der Waals surface area contributed by atoms with E-state index < -0.39 is 12.7 Å². The SMILES string of the molecule is C=C(C)C(=O)OC[Si](Cl)(Cl)CC. The van der Waals surface area contributed by atoms with Crippen LogP contribution in [0.4, 0.5) is 0 Å². The largest absolute Gasteiger partial charge is 0.463 e. The zero-order valence-electron chi connectivity index (χ0n) is 7.19. The summed E-state index contributed by atoms with van der Waals surface area (Å²) in [4.78, 5) is 10.9. The van der Waals surface area contributed by atoms with E-state index in [1.807, 2.05) is 6.92 Å². The molecule has 0 aliphatic rings. The second kappa shape index (κ2) is 4.89. The van der Waals surface area contributed by atoms with Crippen molar-refractivity contribution in [2.45, 2.75) is 19.9 Å². The van der Waals surface area contributed by atoms with E-state index >= 15 is 0 Å². The molecule has 2 nitrogen and oxygen atoms in total. The molecule has 0 saturated carbocycles. The Morgan fingerprint density at radius 3 is 2.42 bits per heavy atom. The molecule has 5 heteroatoms. The molecule has 0 saturated heterocycles. The van der Waals surface area contributed by atoms with Crippen LogP contribution in [0.3, 0.4) is 0 Å². The molecule has 0 N–H and O–H groups in total. The molecule has 0 aliphatic heterocycles. The van der Waals surface area contributed by atoms with E-state index in [-0.39, 0.29) is 6.23 Å². The summed E-state index contributed by atoms with van der Waals surface area (Å²) in [5, 5.41) is 0. The Morgan fingerprint density at radius 2 is 2.08 bits per heavy atom. The summed E-state index contributed by atoms with van der Waals surface area (Å²) < 4.78 is 4.82. The molecule has 0 bridgehead atoms. The second-order valence-corrected chi connectivity index (χ2v) is 10.2. The van der Waals surface area contributed by atoms with Gasteiger partial charge in [0.05, 0.1) is 0 Å². The molecule has 0 atom stereocenters. The number of rotatable bonds is 4. The van der Waals surface area contributed by atoms with Crippen LogP contribution in [0.15, 0.2) is 12.2 Å². The van der Waals surface area contributed by atoms with E-state index in [1.54, 1.807) is 6.92 Å². The number of carbonyl (C=O) groups excluding carboxylic acids is 1. The van der Waals surface area contributed by atoms with Crippen molar-refractivity contribution < 1.29 is 9.53 Å². The summed E-state index contributed by atoms with van der Waals surface area (Å²) in [6, 6.07) is 0.666. The van der Waals surface area contributed by atoms with Gasteiger partial charge in [0.2, 0.25) is 0 Å². The van der Waals surface area contributed by atoms with Crippen LogP contribution in [0, 0.1) is 0 Å². The number of esters is 1. The smallest absolute Gasteiger partial charge is 0.332 e. The highest BCUT2D eigenvalue weighted by atomic mass is 35.7. The molecule has 12 heavy (non-hydrogen) atoms. The first-order valence-electron chi connectivity index (χ1n) is 3.59. The van der Waals surface area contributed by atoms with Crippen LogP contribution < -0.4 is 0 Å². The zero-order chi connectivity index (χ0) is 9.78. The Hall–Kier alpha value is 0.00688. The molecule has 70 valence electrons. The molecule has 0 rings (SSSR count). The van der Waals surface area contributed by atoms with Crippen molar-refractivity contribution in [2.75, 3.05) is 6.23 Å². The van der Waals surface area contributed by atoms with Crippen molar-refractivity contribution in [3.05, 3.63) is 12.2 Å². The average molecular weight is 227 g/mol. The van der Waals surface area contributed by atoms with Gasteiger partial charge in [-0.05, 0) is 13.0 Å². The summed E-state index contributed by atoms with van der Waals surface area (Å²) in [5.41, 5.74) is 0.365. The predicted molar refractivity (Wildman–Crippen MR) is 53.7 cm³/mol. The standard InChI is InChI=1S/C7H12Cl2O2Si/c1-4-12(8,9)5-11-7(10)6(2)3/h2,4-5H2,1,3H3. The first kappa shape index (κ1) is 12.0. The van der Waals surface area contributed by atoms with Crippen molar-refractivity contribution in [1.29, 1.82) is 0 Å². The first-order valence-corrected chi connectivity index (χ1v) is 8.03. The lowest BCUT2D eigenvalue weighted by atomic mass is 10.4. The third-order valence-electron chi connectivity index (χ3n) is 1.28. The van der Waals surface area contributed by atoms with E-state index in [0.29, 0.717) is 11.6 Å². The number of carbonyl (C=O) groups is 1. The van der Waals surface area contributed by atoms with E-state index in [9.17, 15) is 4.79 Å². The fourth-order valence-corrected chi connectivity index (χ4v) is 1.27. The van der Waals surface area contributed by atoms with Crippen LogP contribution in [0.5, 0.6) is 0 Å². The van der Waals surface area contributed by atoms with Crippen molar-refractivity contribution in [1.82, 2.24) is 0 Å². The molecular formula is C7H12Cl2O2Si. The van der Waals surface area contributed by atoms with Crippen LogP contribution in [0.25, 0.3) is 0 Å². The minimum Gasteiger partial charge on any atom is -0.463 e. The lowest BCUT2D eigenvalue weighted by Crippen LogP contribution is -2.28. The summed E-state index contributed by atoms with van der Waals surface area (Å²) in [6.45, 7) is 4.57. The topological polar surface area (TPSA) is 26.3 Å². The Morgan fingerprint density at radius 1 is 1.58 bits per heavy atom.